The van der Waals surface area contributed by atoms with Gasteiger partial charge in [-0.3, -0.25) is 4.57 Å². The van der Waals surface area contributed by atoms with Gasteiger partial charge in [0.1, 0.15) is 17.3 Å². The molecule has 0 fully saturated rings. The molecule has 5 nitrogen and oxygen atoms in total. The lowest BCUT2D eigenvalue weighted by Crippen LogP contribution is -2.17. The van der Waals surface area contributed by atoms with E-state index in [1.807, 2.05) is 66.1 Å². The summed E-state index contributed by atoms with van der Waals surface area (Å²) in [5, 5.41) is 4.82. The van der Waals surface area contributed by atoms with Gasteiger partial charge in [0, 0.05) is 60.4 Å². The molecule has 0 bridgehead atoms. The molecule has 10 aromatic rings. The first-order chi connectivity index (χ1) is 30.1. The Morgan fingerprint density at radius 2 is 1.24 bits per heavy atom. The number of hydrogen-bond acceptors (Lipinski definition) is 5. The molecule has 0 atom stereocenters. The van der Waals surface area contributed by atoms with Gasteiger partial charge in [0.05, 0.1) is 33.8 Å². The van der Waals surface area contributed by atoms with Crippen molar-refractivity contribution >= 4 is 76.1 Å². The highest BCUT2D eigenvalue weighted by atomic mass is 32.1. The molecular weight excluding hydrogens is 777 g/mol. The van der Waals surface area contributed by atoms with Crippen LogP contribution in [0, 0.1) is 20.8 Å². The van der Waals surface area contributed by atoms with E-state index in [1.54, 1.807) is 0 Å². The zero-order valence-corrected chi connectivity index (χ0v) is 36.6. The minimum atomic E-state index is -0.0464. The Labute approximate surface area is 366 Å². The second-order valence-corrected chi connectivity index (χ2v) is 18.2. The maximum absolute atomic E-state index is 6.77. The Kier molecular flexibility index (Phi) is 9.89. The van der Waals surface area contributed by atoms with Gasteiger partial charge in [0.25, 0.3) is 0 Å². The van der Waals surface area contributed by atoms with Gasteiger partial charge >= 0.3 is 0 Å². The van der Waals surface area contributed by atoms with Crippen LogP contribution in [-0.2, 0) is 5.41 Å². The molecule has 0 N–H and O–H groups in total. The average molecular weight is 823 g/mol. The fourth-order valence-electron chi connectivity index (χ4n) is 8.64. The normalized spacial score (nSPS) is 12.5. The van der Waals surface area contributed by atoms with Crippen LogP contribution in [0.2, 0.25) is 0 Å². The maximum atomic E-state index is 6.77. The SMILES string of the molecule is Cc1cc(C)c(N=C(C(=Nc2cccc(Oc3ccc4c5ccc6sc7ccccc7c6c5n(-c5cc(C(C)(C)C)ccn5)c4c3)c2)c2ccccc2)c2ccccc2)c(C)c1. The molecule has 0 unspecified atom stereocenters. The Morgan fingerprint density at radius 1 is 0.581 bits per heavy atom. The van der Waals surface area contributed by atoms with E-state index in [0.717, 1.165) is 73.0 Å². The summed E-state index contributed by atoms with van der Waals surface area (Å²) in [7, 11) is 0. The molecule has 10 rings (SSSR count). The van der Waals surface area contributed by atoms with E-state index in [0.29, 0.717) is 5.75 Å². The van der Waals surface area contributed by atoms with Crippen LogP contribution in [0.3, 0.4) is 0 Å². The van der Waals surface area contributed by atoms with E-state index in [9.17, 15) is 0 Å². The first-order valence-corrected chi connectivity index (χ1v) is 21.9. The largest absolute Gasteiger partial charge is 0.457 e. The molecule has 3 heterocycles. The maximum Gasteiger partial charge on any atom is 0.137 e. The number of benzene rings is 7. The summed E-state index contributed by atoms with van der Waals surface area (Å²) in [4.78, 5) is 15.8. The van der Waals surface area contributed by atoms with Gasteiger partial charge in [0.15, 0.2) is 0 Å². The number of thiophene rings is 1. The Bertz CT molecular complexity index is 3360. The smallest absolute Gasteiger partial charge is 0.137 e. The minimum absolute atomic E-state index is 0.0464. The van der Waals surface area contributed by atoms with Crippen molar-refractivity contribution in [2.24, 2.45) is 9.98 Å². The number of hydrogen-bond donors (Lipinski definition) is 0. The predicted octanol–water partition coefficient (Wildman–Crippen LogP) is 15.5. The van der Waals surface area contributed by atoms with E-state index in [-0.39, 0.29) is 5.41 Å². The van der Waals surface area contributed by atoms with Crippen LogP contribution in [0.1, 0.15) is 54.2 Å². The Hall–Kier alpha value is -7.15. The topological polar surface area (TPSA) is 51.8 Å². The molecule has 0 spiro atoms. The third kappa shape index (κ3) is 7.26. The molecule has 62 heavy (non-hydrogen) atoms. The van der Waals surface area contributed by atoms with Gasteiger partial charge in [0.2, 0.25) is 0 Å². The monoisotopic (exact) mass is 822 g/mol. The molecule has 0 aliphatic heterocycles. The molecule has 0 radical (unpaired) electrons. The summed E-state index contributed by atoms with van der Waals surface area (Å²) in [6, 6.07) is 57.0. The predicted molar refractivity (Wildman–Crippen MR) is 263 cm³/mol. The van der Waals surface area contributed by atoms with Crippen LogP contribution in [0.5, 0.6) is 11.5 Å². The highest BCUT2D eigenvalue weighted by molar-refractivity contribution is 7.26. The van der Waals surface area contributed by atoms with Crippen molar-refractivity contribution in [1.82, 2.24) is 9.55 Å². The van der Waals surface area contributed by atoms with Crippen LogP contribution in [0.4, 0.5) is 11.4 Å². The van der Waals surface area contributed by atoms with Crippen LogP contribution in [0.25, 0.3) is 47.8 Å². The van der Waals surface area contributed by atoms with E-state index >= 15 is 0 Å². The van der Waals surface area contributed by atoms with Crippen LogP contribution in [0.15, 0.2) is 180 Å². The molecule has 0 saturated heterocycles. The molecule has 3 aromatic heterocycles. The van der Waals surface area contributed by atoms with Crippen molar-refractivity contribution in [3.63, 3.8) is 0 Å². The van der Waals surface area contributed by atoms with Crippen molar-refractivity contribution < 1.29 is 4.74 Å². The van der Waals surface area contributed by atoms with Gasteiger partial charge in [-0.05, 0) is 91.4 Å². The molecule has 7 aromatic carbocycles. The molecule has 302 valence electrons. The van der Waals surface area contributed by atoms with E-state index < -0.39 is 0 Å². The lowest BCUT2D eigenvalue weighted by molar-refractivity contribution is 0.483. The van der Waals surface area contributed by atoms with Crippen molar-refractivity contribution in [2.75, 3.05) is 0 Å². The highest BCUT2D eigenvalue weighted by Gasteiger charge is 2.22. The van der Waals surface area contributed by atoms with Crippen LogP contribution >= 0.6 is 11.3 Å². The third-order valence-corrected chi connectivity index (χ3v) is 12.7. The standard InChI is InChI=1S/C56H46N4OS/c1-35-30-36(2)52(37(3)31-35)59-54(39-18-11-8-12-19-39)53(38-16-9-7-10-17-38)58-41-20-15-21-42(33-41)61-43-24-25-44-45-26-27-49-51(46-22-13-14-23-48(46)62-49)55(45)60(47(44)34-43)50-32-40(28-29-57-50)56(4,5)6/h7-34H,1-6H3. The van der Waals surface area contributed by atoms with Gasteiger partial charge < -0.3 is 4.74 Å². The number of nitrogens with zero attached hydrogens (tertiary/aromatic N) is 4. The summed E-state index contributed by atoms with van der Waals surface area (Å²) in [6.45, 7) is 13.1. The van der Waals surface area contributed by atoms with Crippen LogP contribution < -0.4 is 4.74 Å². The summed E-state index contributed by atoms with van der Waals surface area (Å²) < 4.78 is 11.6. The second kappa shape index (κ2) is 15.7. The first-order valence-electron chi connectivity index (χ1n) is 21.1. The Morgan fingerprint density at radius 3 is 1.97 bits per heavy atom. The van der Waals surface area contributed by atoms with Crippen LogP contribution in [-0.4, -0.2) is 21.0 Å². The number of pyridine rings is 1. The fraction of sp³-hybridized carbons (Fsp3) is 0.125. The molecule has 0 aliphatic carbocycles. The lowest BCUT2D eigenvalue weighted by atomic mass is 9.88. The van der Waals surface area contributed by atoms with E-state index in [1.165, 1.54) is 36.7 Å². The molecule has 0 aliphatic rings. The molecular formula is C56H46N4OS. The lowest BCUT2D eigenvalue weighted by Gasteiger charge is -2.20. The average Bonchev–Trinajstić information content (AvgIpc) is 3.81. The van der Waals surface area contributed by atoms with E-state index in [2.05, 4.69) is 161 Å². The van der Waals surface area contributed by atoms with E-state index in [4.69, 9.17) is 19.7 Å². The second-order valence-electron chi connectivity index (χ2n) is 17.1. The van der Waals surface area contributed by atoms with Crippen molar-refractivity contribution in [3.8, 4) is 17.3 Å². The molecule has 6 heteroatoms. The van der Waals surface area contributed by atoms with Crippen molar-refractivity contribution in [1.29, 1.82) is 0 Å². The summed E-state index contributed by atoms with van der Waals surface area (Å²) in [5.74, 6) is 2.29. The quantitative estimate of drug-likeness (QED) is 0.143. The highest BCUT2D eigenvalue weighted by Crippen LogP contribution is 2.44. The van der Waals surface area contributed by atoms with Crippen molar-refractivity contribution in [3.05, 3.63) is 203 Å². The number of ether oxygens (including phenoxy) is 1. The zero-order valence-electron chi connectivity index (χ0n) is 35.8. The molecule has 0 saturated carbocycles. The zero-order chi connectivity index (χ0) is 42.5. The number of aryl methyl sites for hydroxylation is 3. The minimum Gasteiger partial charge on any atom is -0.457 e. The number of fused-ring (bicyclic) bond motifs is 7. The summed E-state index contributed by atoms with van der Waals surface area (Å²) in [5.41, 5.74) is 12.1. The third-order valence-electron chi connectivity index (χ3n) is 11.6. The van der Waals surface area contributed by atoms with Gasteiger partial charge in [-0.25, -0.2) is 15.0 Å². The first kappa shape index (κ1) is 39.0. The number of rotatable bonds is 8. The summed E-state index contributed by atoms with van der Waals surface area (Å²) >= 11 is 1.83. The fourth-order valence-corrected chi connectivity index (χ4v) is 9.75. The van der Waals surface area contributed by atoms with Gasteiger partial charge in [-0.1, -0.05) is 129 Å². The van der Waals surface area contributed by atoms with Crippen molar-refractivity contribution in [2.45, 2.75) is 47.0 Å². The summed E-state index contributed by atoms with van der Waals surface area (Å²) in [6.07, 6.45) is 1.94. The Balaban J connectivity index is 1.12. The van der Waals surface area contributed by atoms with Gasteiger partial charge in [-0.15, -0.1) is 11.3 Å². The number of aromatic nitrogens is 2. The molecule has 0 amide bonds. The number of aliphatic imine (C=N–C) groups is 2. The van der Waals surface area contributed by atoms with Gasteiger partial charge in [-0.2, -0.15) is 0 Å².